The third-order valence-corrected chi connectivity index (χ3v) is 1.75. The third kappa shape index (κ3) is 3.08. The van der Waals surface area contributed by atoms with Crippen molar-refractivity contribution in [3.63, 3.8) is 0 Å². The number of nitrogens with one attached hydrogen (secondary N) is 1. The van der Waals surface area contributed by atoms with E-state index in [1.165, 1.54) is 18.2 Å². The number of phenolic OH excluding ortho intramolecular Hbond substituents is 1. The highest BCUT2D eigenvalue weighted by Crippen LogP contribution is 2.17. The number of hydrogen-bond acceptors (Lipinski definition) is 2. The van der Waals surface area contributed by atoms with E-state index < -0.39 is 0 Å². The first-order chi connectivity index (χ1) is 6.74. The first kappa shape index (κ1) is 10.6. The van der Waals surface area contributed by atoms with Crippen LogP contribution >= 0.6 is 0 Å². The molecule has 0 aliphatic rings. The maximum absolute atomic E-state index is 12.8. The van der Waals surface area contributed by atoms with E-state index in [4.69, 9.17) is 0 Å². The van der Waals surface area contributed by atoms with Gasteiger partial charge in [0.25, 0.3) is 0 Å². The molecule has 2 nitrogen and oxygen atoms in total. The van der Waals surface area contributed by atoms with Crippen LogP contribution < -0.4 is 5.32 Å². The Hall–Kier alpha value is -1.53. The van der Waals surface area contributed by atoms with Crippen LogP contribution in [-0.4, -0.2) is 11.7 Å². The van der Waals surface area contributed by atoms with Gasteiger partial charge in [0.15, 0.2) is 0 Å². The summed E-state index contributed by atoms with van der Waals surface area (Å²) < 4.78 is 12.8. The predicted molar refractivity (Wildman–Crippen MR) is 53.2 cm³/mol. The molecule has 14 heavy (non-hydrogen) atoms. The minimum absolute atomic E-state index is 0.100. The fourth-order valence-electron chi connectivity index (χ4n) is 1.04. The molecule has 0 aliphatic carbocycles. The highest BCUT2D eigenvalue weighted by Gasteiger charge is 2.01. The average Bonchev–Trinajstić information content (AvgIpc) is 2.18. The summed E-state index contributed by atoms with van der Waals surface area (Å²) >= 11 is 0. The van der Waals surface area contributed by atoms with Gasteiger partial charge < -0.3 is 10.4 Å². The van der Waals surface area contributed by atoms with Crippen LogP contribution in [0.25, 0.3) is 0 Å². The van der Waals surface area contributed by atoms with Crippen LogP contribution in [0.5, 0.6) is 5.75 Å². The van der Waals surface area contributed by atoms with E-state index in [2.05, 4.69) is 17.2 Å². The summed E-state index contributed by atoms with van der Waals surface area (Å²) in [4.78, 5) is 0. The predicted octanol–water partition coefficient (Wildman–Crippen LogP) is 1.64. The van der Waals surface area contributed by atoms with Crippen LogP contribution in [0, 0.1) is 17.7 Å². The summed E-state index contributed by atoms with van der Waals surface area (Å²) in [6.07, 6.45) is 0. The Morgan fingerprint density at radius 1 is 1.50 bits per heavy atom. The molecule has 0 bridgehead atoms. The molecular formula is C11H12FNO. The molecule has 74 valence electrons. The van der Waals surface area contributed by atoms with E-state index >= 15 is 0 Å². The van der Waals surface area contributed by atoms with Gasteiger partial charge >= 0.3 is 0 Å². The molecule has 3 heteroatoms. The fourth-order valence-corrected chi connectivity index (χ4v) is 1.04. The maximum Gasteiger partial charge on any atom is 0.123 e. The van der Waals surface area contributed by atoms with E-state index in [1.54, 1.807) is 6.92 Å². The highest BCUT2D eigenvalue weighted by molar-refractivity contribution is 5.32. The number of benzene rings is 1. The maximum atomic E-state index is 12.8. The van der Waals surface area contributed by atoms with Gasteiger partial charge in [0, 0.05) is 12.1 Å². The van der Waals surface area contributed by atoms with Gasteiger partial charge in [-0.25, -0.2) is 4.39 Å². The molecule has 0 saturated carbocycles. The average molecular weight is 193 g/mol. The number of aromatic hydroxyl groups is 1. The Morgan fingerprint density at radius 2 is 2.29 bits per heavy atom. The molecule has 0 radical (unpaired) electrons. The molecule has 1 aromatic carbocycles. The Morgan fingerprint density at radius 3 is 3.00 bits per heavy atom. The topological polar surface area (TPSA) is 32.3 Å². The summed E-state index contributed by atoms with van der Waals surface area (Å²) in [5, 5.41) is 12.3. The first-order valence-corrected chi connectivity index (χ1v) is 4.31. The SMILES string of the molecule is CC#CCNCc1cc(F)ccc1O. The quantitative estimate of drug-likeness (QED) is 0.565. The van der Waals surface area contributed by atoms with Crippen molar-refractivity contribution in [2.75, 3.05) is 6.54 Å². The third-order valence-electron chi connectivity index (χ3n) is 1.75. The van der Waals surface area contributed by atoms with E-state index in [1.807, 2.05) is 0 Å². The van der Waals surface area contributed by atoms with Crippen LogP contribution in [-0.2, 0) is 6.54 Å². The molecule has 0 aliphatic heterocycles. The molecule has 0 saturated heterocycles. The van der Waals surface area contributed by atoms with Gasteiger partial charge in [-0.05, 0) is 25.1 Å². The Balaban J connectivity index is 2.56. The molecule has 0 amide bonds. The second-order valence-corrected chi connectivity index (χ2v) is 2.80. The number of phenols is 1. The van der Waals surface area contributed by atoms with Crippen LogP contribution in [0.15, 0.2) is 18.2 Å². The van der Waals surface area contributed by atoms with Crippen molar-refractivity contribution in [1.82, 2.24) is 5.32 Å². The van der Waals surface area contributed by atoms with E-state index in [-0.39, 0.29) is 11.6 Å². The number of rotatable bonds is 3. The zero-order valence-corrected chi connectivity index (χ0v) is 7.97. The lowest BCUT2D eigenvalue weighted by molar-refractivity contribution is 0.463. The van der Waals surface area contributed by atoms with E-state index in [9.17, 15) is 9.50 Å². The lowest BCUT2D eigenvalue weighted by atomic mass is 10.2. The van der Waals surface area contributed by atoms with Gasteiger partial charge in [0.1, 0.15) is 11.6 Å². The lowest BCUT2D eigenvalue weighted by Gasteiger charge is -2.04. The Kier molecular flexibility index (Phi) is 3.96. The Labute approximate surface area is 82.8 Å². The van der Waals surface area contributed by atoms with Crippen LogP contribution in [0.4, 0.5) is 4.39 Å². The molecule has 0 unspecified atom stereocenters. The lowest BCUT2D eigenvalue weighted by Crippen LogP contribution is -2.13. The molecule has 0 fully saturated rings. The second kappa shape index (κ2) is 5.25. The van der Waals surface area contributed by atoms with E-state index in [0.717, 1.165) is 0 Å². The fraction of sp³-hybridized carbons (Fsp3) is 0.273. The van der Waals surface area contributed by atoms with Gasteiger partial charge in [-0.15, -0.1) is 5.92 Å². The van der Waals surface area contributed by atoms with Gasteiger partial charge in [0.2, 0.25) is 0 Å². The highest BCUT2D eigenvalue weighted by atomic mass is 19.1. The summed E-state index contributed by atoms with van der Waals surface area (Å²) in [6.45, 7) is 2.70. The van der Waals surface area contributed by atoms with Crippen molar-refractivity contribution < 1.29 is 9.50 Å². The van der Waals surface area contributed by atoms with Crippen LogP contribution in [0.2, 0.25) is 0 Å². The van der Waals surface area contributed by atoms with Crippen molar-refractivity contribution in [3.05, 3.63) is 29.6 Å². The van der Waals surface area contributed by atoms with Gasteiger partial charge in [0.05, 0.1) is 6.54 Å². The summed E-state index contributed by atoms with van der Waals surface area (Å²) in [7, 11) is 0. The first-order valence-electron chi connectivity index (χ1n) is 4.31. The van der Waals surface area contributed by atoms with Gasteiger partial charge in [-0.2, -0.15) is 0 Å². The standard InChI is InChI=1S/C11H12FNO/c1-2-3-6-13-8-9-7-10(12)4-5-11(9)14/h4-5,7,13-14H,6,8H2,1H3. The summed E-state index contributed by atoms with van der Waals surface area (Å²) in [5.74, 6) is 5.30. The molecule has 0 heterocycles. The van der Waals surface area contributed by atoms with Crippen LogP contribution in [0.3, 0.4) is 0 Å². The normalized spacial score (nSPS) is 9.29. The van der Waals surface area contributed by atoms with Gasteiger partial charge in [-0.3, -0.25) is 0 Å². The Bertz CT molecular complexity index is 365. The minimum atomic E-state index is -0.346. The summed E-state index contributed by atoms with van der Waals surface area (Å²) in [6, 6.07) is 3.88. The smallest absolute Gasteiger partial charge is 0.123 e. The van der Waals surface area contributed by atoms with E-state index in [0.29, 0.717) is 18.7 Å². The zero-order valence-electron chi connectivity index (χ0n) is 7.97. The minimum Gasteiger partial charge on any atom is -0.508 e. The summed E-state index contributed by atoms with van der Waals surface area (Å²) in [5.41, 5.74) is 0.544. The van der Waals surface area contributed by atoms with Crippen molar-refractivity contribution in [2.45, 2.75) is 13.5 Å². The van der Waals surface area contributed by atoms with Crippen molar-refractivity contribution in [3.8, 4) is 17.6 Å². The largest absolute Gasteiger partial charge is 0.508 e. The molecule has 1 rings (SSSR count). The zero-order chi connectivity index (χ0) is 10.4. The van der Waals surface area contributed by atoms with Crippen molar-refractivity contribution in [1.29, 1.82) is 0 Å². The van der Waals surface area contributed by atoms with Gasteiger partial charge in [-0.1, -0.05) is 5.92 Å². The van der Waals surface area contributed by atoms with Crippen molar-refractivity contribution in [2.24, 2.45) is 0 Å². The molecule has 0 atom stereocenters. The van der Waals surface area contributed by atoms with Crippen molar-refractivity contribution >= 4 is 0 Å². The molecule has 2 N–H and O–H groups in total. The number of hydrogen-bond donors (Lipinski definition) is 2. The second-order valence-electron chi connectivity index (χ2n) is 2.80. The number of halogens is 1. The molecular weight excluding hydrogens is 181 g/mol. The molecule has 1 aromatic rings. The molecule has 0 spiro atoms. The monoisotopic (exact) mass is 193 g/mol. The molecule has 0 aromatic heterocycles. The van der Waals surface area contributed by atoms with Crippen LogP contribution in [0.1, 0.15) is 12.5 Å².